The van der Waals surface area contributed by atoms with E-state index in [1.165, 1.54) is 21.5 Å². The van der Waals surface area contributed by atoms with Crippen LogP contribution < -0.4 is 0 Å². The number of ether oxygens (including phenoxy) is 2. The quantitative estimate of drug-likeness (QED) is 0.175. The summed E-state index contributed by atoms with van der Waals surface area (Å²) in [6.07, 6.45) is 0. The minimum atomic E-state index is -0.0914. The Morgan fingerprint density at radius 2 is 0.600 bits per heavy atom. The van der Waals surface area contributed by atoms with Gasteiger partial charge in [0.15, 0.2) is 0 Å². The highest BCUT2D eigenvalue weighted by Crippen LogP contribution is 2.48. The molecule has 0 aromatic heterocycles. The van der Waals surface area contributed by atoms with Gasteiger partial charge in [-0.15, -0.1) is 0 Å². The highest BCUT2D eigenvalue weighted by atomic mass is 16.5. The van der Waals surface area contributed by atoms with E-state index in [2.05, 4.69) is 146 Å². The maximum atomic E-state index is 6.65. The molecular weight excluding hydrogens is 613 g/mol. The number of hydrogen-bond acceptors (Lipinski definition) is 4. The van der Waals surface area contributed by atoms with Crippen molar-refractivity contribution in [3.05, 3.63) is 180 Å². The van der Waals surface area contributed by atoms with Crippen molar-refractivity contribution >= 4 is 54.9 Å². The van der Waals surface area contributed by atoms with Gasteiger partial charge in [-0.2, -0.15) is 0 Å². The normalized spacial score (nSPS) is 17.2. The van der Waals surface area contributed by atoms with Gasteiger partial charge >= 0.3 is 0 Å². The van der Waals surface area contributed by atoms with Gasteiger partial charge in [-0.05, 0) is 54.2 Å². The van der Waals surface area contributed by atoms with Crippen molar-refractivity contribution in [2.45, 2.75) is 12.1 Å². The fourth-order valence-electron chi connectivity index (χ4n) is 7.96. The van der Waals surface area contributed by atoms with Crippen LogP contribution in [-0.2, 0) is 9.47 Å². The van der Waals surface area contributed by atoms with Gasteiger partial charge in [-0.3, -0.25) is 0 Å². The Labute approximate surface area is 290 Å². The van der Waals surface area contributed by atoms with E-state index in [1.54, 1.807) is 0 Å². The molecule has 2 aliphatic heterocycles. The summed E-state index contributed by atoms with van der Waals surface area (Å²) >= 11 is 0. The zero-order valence-corrected chi connectivity index (χ0v) is 27.3. The van der Waals surface area contributed by atoms with Crippen molar-refractivity contribution < 1.29 is 9.47 Å². The van der Waals surface area contributed by atoms with Crippen molar-refractivity contribution in [3.8, 4) is 11.1 Å². The Balaban J connectivity index is 1.36. The first-order valence-corrected chi connectivity index (χ1v) is 17.2. The molecule has 0 amide bonds. The SMILES string of the molecule is c1ccc([C@H]2COC(c3c(-c4c(C5=N[C@@H](c6ccccc6)CO5)c5ccccc5c5ccccc45)c4ccccc4c4ccccc34)=N2)cc1. The van der Waals surface area contributed by atoms with E-state index < -0.39 is 0 Å². The second kappa shape index (κ2) is 11.7. The van der Waals surface area contributed by atoms with Crippen molar-refractivity contribution in [2.24, 2.45) is 9.98 Å². The van der Waals surface area contributed by atoms with E-state index in [0.717, 1.165) is 54.9 Å². The lowest BCUT2D eigenvalue weighted by molar-refractivity contribution is 0.319. The molecule has 0 spiro atoms. The van der Waals surface area contributed by atoms with Crippen LogP contribution in [0.25, 0.3) is 54.2 Å². The number of hydrogen-bond donors (Lipinski definition) is 0. The molecule has 0 aliphatic carbocycles. The molecule has 0 N–H and O–H groups in total. The van der Waals surface area contributed by atoms with Crippen molar-refractivity contribution in [1.82, 2.24) is 0 Å². The van der Waals surface area contributed by atoms with Gasteiger partial charge in [-0.1, -0.05) is 158 Å². The zero-order valence-electron chi connectivity index (χ0n) is 27.3. The summed E-state index contributed by atoms with van der Waals surface area (Å²) in [7, 11) is 0. The Kier molecular flexibility index (Phi) is 6.73. The Morgan fingerprint density at radius 1 is 0.320 bits per heavy atom. The highest BCUT2D eigenvalue weighted by Gasteiger charge is 2.32. The van der Waals surface area contributed by atoms with E-state index in [9.17, 15) is 0 Å². The Morgan fingerprint density at radius 3 is 0.940 bits per heavy atom. The summed E-state index contributed by atoms with van der Waals surface area (Å²) in [6, 6.07) is 55.5. The molecule has 2 heterocycles. The first-order chi connectivity index (χ1) is 24.8. The summed E-state index contributed by atoms with van der Waals surface area (Å²) in [5.41, 5.74) is 6.45. The van der Waals surface area contributed by atoms with Crippen LogP contribution in [-0.4, -0.2) is 25.0 Å². The molecule has 0 saturated heterocycles. The van der Waals surface area contributed by atoms with Gasteiger partial charge in [0.05, 0.1) is 11.1 Å². The molecule has 0 unspecified atom stereocenters. The van der Waals surface area contributed by atoms with Gasteiger partial charge in [0, 0.05) is 11.1 Å². The predicted octanol–water partition coefficient (Wildman–Crippen LogP) is 11.0. The van der Waals surface area contributed by atoms with Gasteiger partial charge < -0.3 is 9.47 Å². The molecule has 238 valence electrons. The number of aliphatic imine (C=N–C) groups is 2. The number of rotatable bonds is 5. The van der Waals surface area contributed by atoms with Crippen LogP contribution in [0.1, 0.15) is 34.3 Å². The monoisotopic (exact) mass is 644 g/mol. The van der Waals surface area contributed by atoms with E-state index in [4.69, 9.17) is 19.5 Å². The molecular formula is C46H32N2O2. The molecule has 0 radical (unpaired) electrons. The second-order valence-electron chi connectivity index (χ2n) is 13.0. The Hall–Kier alpha value is -6.26. The Bertz CT molecular complexity index is 2480. The van der Waals surface area contributed by atoms with Crippen LogP contribution >= 0.6 is 0 Å². The van der Waals surface area contributed by atoms with Crippen molar-refractivity contribution in [2.75, 3.05) is 13.2 Å². The molecule has 0 bridgehead atoms. The van der Waals surface area contributed by atoms with E-state index in [0.29, 0.717) is 25.0 Å². The standard InChI is InChI=1S/C46H32N2O2/c1-3-15-29(16-4-1)39-27-49-45(47-39)43-37-25-13-9-21-33(37)31-19-7-11-23-35(31)41(43)42-36-24-12-8-20-32(36)34-22-10-14-26-38(34)44(42)46-48-40(28-50-46)30-17-5-2-6-18-30/h1-26,39-40H,27-28H2/t39-,40-/m1/s1. The number of benzene rings is 8. The summed E-state index contributed by atoms with van der Waals surface area (Å²) in [5.74, 6) is 1.32. The highest BCUT2D eigenvalue weighted by molar-refractivity contribution is 6.31. The molecule has 0 saturated carbocycles. The van der Waals surface area contributed by atoms with Crippen LogP contribution in [0.15, 0.2) is 168 Å². The molecule has 2 aliphatic rings. The first-order valence-electron chi connectivity index (χ1n) is 17.2. The summed E-state index contributed by atoms with van der Waals surface area (Å²) in [6.45, 7) is 0.972. The third kappa shape index (κ3) is 4.52. The molecule has 2 atom stereocenters. The lowest BCUT2D eigenvalue weighted by Gasteiger charge is -2.23. The average molecular weight is 645 g/mol. The number of fused-ring (bicyclic) bond motifs is 6. The number of nitrogens with zero attached hydrogens (tertiary/aromatic N) is 2. The van der Waals surface area contributed by atoms with Gasteiger partial charge in [0.2, 0.25) is 11.8 Å². The van der Waals surface area contributed by atoms with Crippen LogP contribution in [0.2, 0.25) is 0 Å². The maximum absolute atomic E-state index is 6.65. The van der Waals surface area contributed by atoms with Crippen LogP contribution in [0.3, 0.4) is 0 Å². The third-order valence-electron chi connectivity index (χ3n) is 10.2. The summed E-state index contributed by atoms with van der Waals surface area (Å²) < 4.78 is 13.3. The van der Waals surface area contributed by atoms with Gasteiger partial charge in [-0.25, -0.2) is 9.98 Å². The van der Waals surface area contributed by atoms with Gasteiger partial charge in [0.1, 0.15) is 25.3 Å². The second-order valence-corrected chi connectivity index (χ2v) is 13.0. The third-order valence-corrected chi connectivity index (χ3v) is 10.2. The van der Waals surface area contributed by atoms with Gasteiger partial charge in [0.25, 0.3) is 0 Å². The fraction of sp³-hybridized carbons (Fsp3) is 0.0870. The molecule has 0 fully saturated rings. The first kappa shape index (κ1) is 28.7. The predicted molar refractivity (Wildman–Crippen MR) is 205 cm³/mol. The maximum Gasteiger partial charge on any atom is 0.218 e. The lowest BCUT2D eigenvalue weighted by atomic mass is 9.82. The van der Waals surface area contributed by atoms with E-state index in [-0.39, 0.29) is 12.1 Å². The summed E-state index contributed by atoms with van der Waals surface area (Å²) in [5, 5.41) is 9.18. The molecule has 4 nitrogen and oxygen atoms in total. The van der Waals surface area contributed by atoms with E-state index in [1.807, 2.05) is 12.1 Å². The molecule has 8 aromatic rings. The fourth-order valence-corrected chi connectivity index (χ4v) is 7.96. The molecule has 4 heteroatoms. The lowest BCUT2D eigenvalue weighted by Crippen LogP contribution is -2.10. The minimum absolute atomic E-state index is 0.0914. The minimum Gasteiger partial charge on any atom is -0.475 e. The average Bonchev–Trinajstić information content (AvgIpc) is 3.89. The topological polar surface area (TPSA) is 43.2 Å². The van der Waals surface area contributed by atoms with Crippen molar-refractivity contribution in [3.63, 3.8) is 0 Å². The zero-order chi connectivity index (χ0) is 33.0. The largest absolute Gasteiger partial charge is 0.475 e. The molecule has 50 heavy (non-hydrogen) atoms. The molecule has 10 rings (SSSR count). The van der Waals surface area contributed by atoms with Crippen LogP contribution in [0.5, 0.6) is 0 Å². The van der Waals surface area contributed by atoms with Crippen LogP contribution in [0, 0.1) is 0 Å². The van der Waals surface area contributed by atoms with Crippen molar-refractivity contribution in [1.29, 1.82) is 0 Å². The van der Waals surface area contributed by atoms with Crippen LogP contribution in [0.4, 0.5) is 0 Å². The smallest absolute Gasteiger partial charge is 0.218 e. The summed E-state index contributed by atoms with van der Waals surface area (Å²) in [4.78, 5) is 10.7. The van der Waals surface area contributed by atoms with E-state index >= 15 is 0 Å². The molecule has 8 aromatic carbocycles.